The highest BCUT2D eigenvalue weighted by molar-refractivity contribution is 6.35. The Balaban J connectivity index is 1.39. The number of aryl methyl sites for hydroxylation is 1. The van der Waals surface area contributed by atoms with Crippen LogP contribution in [0.25, 0.3) is 10.9 Å². The summed E-state index contributed by atoms with van der Waals surface area (Å²) in [7, 11) is 0. The highest BCUT2D eigenvalue weighted by Crippen LogP contribution is 2.28. The van der Waals surface area contributed by atoms with Gasteiger partial charge in [-0.2, -0.15) is 0 Å². The van der Waals surface area contributed by atoms with Crippen LogP contribution < -0.4 is 10.6 Å². The zero-order valence-corrected chi connectivity index (χ0v) is 15.1. The third kappa shape index (κ3) is 3.03. The summed E-state index contributed by atoms with van der Waals surface area (Å²) in [6.45, 7) is 2.54. The Morgan fingerprint density at radius 2 is 2.19 bits per heavy atom. The normalized spacial score (nSPS) is 15.7. The number of carbonyl (C=O) groups is 1. The molecule has 0 aliphatic carbocycles. The molecular weight excluding hydrogens is 353 g/mol. The smallest absolute Gasteiger partial charge is 0.242 e. The van der Waals surface area contributed by atoms with Gasteiger partial charge in [0, 0.05) is 29.7 Å². The molecule has 2 heterocycles. The van der Waals surface area contributed by atoms with E-state index in [-0.39, 0.29) is 17.8 Å². The van der Waals surface area contributed by atoms with Crippen molar-refractivity contribution in [2.75, 3.05) is 11.9 Å². The van der Waals surface area contributed by atoms with Crippen molar-refractivity contribution in [2.45, 2.75) is 25.8 Å². The number of aromatic nitrogens is 1. The fourth-order valence-corrected chi connectivity index (χ4v) is 3.83. The van der Waals surface area contributed by atoms with E-state index in [1.807, 2.05) is 25.1 Å². The van der Waals surface area contributed by atoms with Gasteiger partial charge in [0.05, 0.1) is 10.5 Å². The van der Waals surface area contributed by atoms with Gasteiger partial charge in [-0.05, 0) is 48.7 Å². The van der Waals surface area contributed by atoms with E-state index >= 15 is 0 Å². The molecule has 0 saturated carbocycles. The third-order valence-corrected chi connectivity index (χ3v) is 5.23. The Kier molecular flexibility index (Phi) is 4.32. The van der Waals surface area contributed by atoms with Gasteiger partial charge in [0.15, 0.2) is 0 Å². The van der Waals surface area contributed by atoms with Crippen LogP contribution in [0.5, 0.6) is 0 Å². The first-order valence-corrected chi connectivity index (χ1v) is 8.99. The number of para-hydroxylation sites is 1. The molecule has 1 unspecified atom stereocenters. The number of amides is 1. The summed E-state index contributed by atoms with van der Waals surface area (Å²) in [6, 6.07) is 10.0. The Morgan fingerprint density at radius 3 is 3.04 bits per heavy atom. The van der Waals surface area contributed by atoms with Crippen molar-refractivity contribution in [1.29, 1.82) is 0 Å². The minimum absolute atomic E-state index is 0.0721. The minimum atomic E-state index is -0.356. The fraction of sp³-hybridized carbons (Fsp3) is 0.250. The van der Waals surface area contributed by atoms with Gasteiger partial charge in [0.25, 0.3) is 0 Å². The molecule has 6 heteroatoms. The van der Waals surface area contributed by atoms with Crippen LogP contribution in [0.4, 0.5) is 10.1 Å². The van der Waals surface area contributed by atoms with Crippen molar-refractivity contribution in [1.82, 2.24) is 10.3 Å². The van der Waals surface area contributed by atoms with Crippen molar-refractivity contribution >= 4 is 34.1 Å². The molecule has 0 radical (unpaired) electrons. The number of aromatic amines is 1. The van der Waals surface area contributed by atoms with E-state index < -0.39 is 0 Å². The molecule has 0 bridgehead atoms. The summed E-state index contributed by atoms with van der Waals surface area (Å²) in [5, 5.41) is 7.91. The lowest BCUT2D eigenvalue weighted by molar-refractivity contribution is -0.121. The van der Waals surface area contributed by atoms with E-state index in [0.29, 0.717) is 24.4 Å². The summed E-state index contributed by atoms with van der Waals surface area (Å²) >= 11 is 6.23. The topological polar surface area (TPSA) is 56.9 Å². The first kappa shape index (κ1) is 16.9. The second-order valence-electron chi connectivity index (χ2n) is 6.63. The van der Waals surface area contributed by atoms with Crippen molar-refractivity contribution < 1.29 is 9.18 Å². The van der Waals surface area contributed by atoms with Gasteiger partial charge >= 0.3 is 0 Å². The highest BCUT2D eigenvalue weighted by atomic mass is 35.5. The summed E-state index contributed by atoms with van der Waals surface area (Å²) in [6.07, 6.45) is 1.22. The molecule has 1 aliphatic rings. The lowest BCUT2D eigenvalue weighted by atomic mass is 10.1. The number of nitrogens with one attached hydrogen (secondary N) is 3. The van der Waals surface area contributed by atoms with E-state index in [0.717, 1.165) is 33.4 Å². The van der Waals surface area contributed by atoms with Crippen LogP contribution in [0.15, 0.2) is 36.4 Å². The zero-order valence-electron chi connectivity index (χ0n) is 14.3. The molecule has 0 saturated heterocycles. The van der Waals surface area contributed by atoms with Crippen LogP contribution in [-0.4, -0.2) is 23.5 Å². The Labute approximate surface area is 155 Å². The zero-order chi connectivity index (χ0) is 18.3. The molecule has 1 atom stereocenters. The van der Waals surface area contributed by atoms with E-state index in [2.05, 4.69) is 15.6 Å². The molecule has 0 spiro atoms. The maximum absolute atomic E-state index is 13.3. The molecule has 1 aliphatic heterocycles. The Bertz CT molecular complexity index is 998. The lowest BCUT2D eigenvalue weighted by Gasteiger charge is -2.12. The minimum Gasteiger partial charge on any atom is -0.373 e. The second-order valence-corrected chi connectivity index (χ2v) is 7.04. The van der Waals surface area contributed by atoms with Crippen molar-refractivity contribution in [3.63, 3.8) is 0 Å². The average molecular weight is 372 g/mol. The molecule has 4 rings (SSSR count). The first-order valence-electron chi connectivity index (χ1n) is 8.61. The second kappa shape index (κ2) is 6.65. The molecular formula is C20H19ClFN3O. The summed E-state index contributed by atoms with van der Waals surface area (Å²) in [4.78, 5) is 15.7. The Hall–Kier alpha value is -2.53. The lowest BCUT2D eigenvalue weighted by Crippen LogP contribution is -2.39. The summed E-state index contributed by atoms with van der Waals surface area (Å²) in [5.74, 6) is -0.350. The number of hydrogen-bond donors (Lipinski definition) is 3. The SMILES string of the molecule is Cc1[nH]c2c(Cl)cccc2c1CCNC(=O)C1Cc2cc(F)ccc2N1. The number of benzene rings is 2. The molecule has 3 N–H and O–H groups in total. The summed E-state index contributed by atoms with van der Waals surface area (Å²) in [5.41, 5.74) is 4.82. The Morgan fingerprint density at radius 1 is 1.35 bits per heavy atom. The number of carbonyl (C=O) groups excluding carboxylic acids is 1. The first-order chi connectivity index (χ1) is 12.5. The van der Waals surface area contributed by atoms with Crippen molar-refractivity contribution in [3.8, 4) is 0 Å². The maximum atomic E-state index is 13.3. The van der Waals surface area contributed by atoms with Crippen molar-refractivity contribution in [2.24, 2.45) is 0 Å². The molecule has 26 heavy (non-hydrogen) atoms. The molecule has 1 amide bonds. The van der Waals surface area contributed by atoms with E-state index in [9.17, 15) is 9.18 Å². The summed E-state index contributed by atoms with van der Waals surface area (Å²) < 4.78 is 13.3. The number of H-pyrrole nitrogens is 1. The quantitative estimate of drug-likeness (QED) is 0.650. The van der Waals surface area contributed by atoms with E-state index in [4.69, 9.17) is 11.6 Å². The largest absolute Gasteiger partial charge is 0.373 e. The fourth-order valence-electron chi connectivity index (χ4n) is 3.61. The van der Waals surface area contributed by atoms with Gasteiger partial charge in [-0.25, -0.2) is 4.39 Å². The van der Waals surface area contributed by atoms with Gasteiger partial charge in [0.2, 0.25) is 5.91 Å². The monoisotopic (exact) mass is 371 g/mol. The van der Waals surface area contributed by atoms with Crippen LogP contribution in [0, 0.1) is 12.7 Å². The molecule has 2 aromatic carbocycles. The standard InChI is InChI=1S/C20H19ClFN3O/c1-11-14(15-3-2-4-16(21)19(15)24-11)7-8-23-20(26)18-10-12-9-13(22)5-6-17(12)25-18/h2-6,9,18,24-25H,7-8,10H2,1H3,(H,23,26). The van der Waals surface area contributed by atoms with Gasteiger partial charge < -0.3 is 15.6 Å². The predicted molar refractivity (Wildman–Crippen MR) is 102 cm³/mol. The molecule has 0 fully saturated rings. The maximum Gasteiger partial charge on any atom is 0.242 e. The van der Waals surface area contributed by atoms with Crippen molar-refractivity contribution in [3.05, 3.63) is 64.1 Å². The van der Waals surface area contributed by atoms with Gasteiger partial charge in [-0.15, -0.1) is 0 Å². The van der Waals surface area contributed by atoms with Gasteiger partial charge in [-0.1, -0.05) is 23.7 Å². The van der Waals surface area contributed by atoms with E-state index in [1.165, 1.54) is 12.1 Å². The molecule has 4 nitrogen and oxygen atoms in total. The third-order valence-electron chi connectivity index (χ3n) is 4.92. The van der Waals surface area contributed by atoms with E-state index in [1.54, 1.807) is 6.07 Å². The number of halogens is 2. The van der Waals surface area contributed by atoms with Crippen LogP contribution >= 0.6 is 11.6 Å². The van der Waals surface area contributed by atoms with Crippen LogP contribution in [0.1, 0.15) is 16.8 Å². The van der Waals surface area contributed by atoms with Crippen LogP contribution in [0.3, 0.4) is 0 Å². The van der Waals surface area contributed by atoms with Crippen LogP contribution in [-0.2, 0) is 17.6 Å². The van der Waals surface area contributed by atoms with Crippen LogP contribution in [0.2, 0.25) is 5.02 Å². The number of hydrogen-bond acceptors (Lipinski definition) is 2. The van der Waals surface area contributed by atoms with Gasteiger partial charge in [-0.3, -0.25) is 4.79 Å². The average Bonchev–Trinajstić information content (AvgIpc) is 3.17. The molecule has 1 aromatic heterocycles. The number of anilines is 1. The van der Waals surface area contributed by atoms with Gasteiger partial charge in [0.1, 0.15) is 11.9 Å². The molecule has 134 valence electrons. The highest BCUT2D eigenvalue weighted by Gasteiger charge is 2.26. The number of rotatable bonds is 4. The molecule has 3 aromatic rings. The number of fused-ring (bicyclic) bond motifs is 2. The predicted octanol–water partition coefficient (Wildman–Crippen LogP) is 3.96.